The molecule has 0 saturated carbocycles. The van der Waals surface area contributed by atoms with Crippen molar-refractivity contribution in [3.05, 3.63) is 81.1 Å². The van der Waals surface area contributed by atoms with E-state index >= 15 is 0 Å². The van der Waals surface area contributed by atoms with E-state index in [1.165, 1.54) is 11.0 Å². The normalized spacial score (nSPS) is 19.1. The van der Waals surface area contributed by atoms with Crippen LogP contribution in [0.4, 0.5) is 20.6 Å². The molecule has 6 rings (SSSR count). The van der Waals surface area contributed by atoms with Gasteiger partial charge in [-0.15, -0.1) is 0 Å². The summed E-state index contributed by atoms with van der Waals surface area (Å²) in [5.74, 6) is 0.133. The van der Waals surface area contributed by atoms with Crippen LogP contribution in [0.2, 0.25) is 10.0 Å². The lowest BCUT2D eigenvalue weighted by molar-refractivity contribution is 0.161. The number of rotatable bonds is 3. The molecule has 0 spiro atoms. The van der Waals surface area contributed by atoms with Gasteiger partial charge in [0.15, 0.2) is 0 Å². The van der Waals surface area contributed by atoms with E-state index in [2.05, 4.69) is 15.3 Å². The number of nitrogens with zero attached hydrogens (tertiary/aromatic N) is 3. The average Bonchev–Trinajstić information content (AvgIpc) is 2.89. The summed E-state index contributed by atoms with van der Waals surface area (Å²) in [7, 11) is 0. The maximum absolute atomic E-state index is 14.3. The Kier molecular flexibility index (Phi) is 6.03. The van der Waals surface area contributed by atoms with Crippen molar-refractivity contribution >= 4 is 46.2 Å². The van der Waals surface area contributed by atoms with Gasteiger partial charge in [0.05, 0.1) is 46.9 Å². The molecule has 1 aromatic carbocycles. The largest absolute Gasteiger partial charge is 0.484 e. The monoisotopic (exact) mass is 526 g/mol. The van der Waals surface area contributed by atoms with Gasteiger partial charge in [-0.2, -0.15) is 0 Å². The Morgan fingerprint density at radius 3 is 2.86 bits per heavy atom. The molecule has 0 radical (unpaired) electrons. The summed E-state index contributed by atoms with van der Waals surface area (Å²) in [5.41, 5.74) is 4.69. The van der Waals surface area contributed by atoms with E-state index in [0.717, 1.165) is 16.7 Å². The van der Waals surface area contributed by atoms with Crippen molar-refractivity contribution in [1.82, 2.24) is 9.97 Å². The van der Waals surface area contributed by atoms with Crippen LogP contribution in [0.3, 0.4) is 0 Å². The highest BCUT2D eigenvalue weighted by Crippen LogP contribution is 2.43. The second-order valence-corrected chi connectivity index (χ2v) is 9.62. The molecular weight excluding hydrogens is 506 g/mol. The first-order valence-corrected chi connectivity index (χ1v) is 12.4. The number of carbonyl (C=O) groups is 1. The van der Waals surface area contributed by atoms with Crippen LogP contribution in [-0.2, 0) is 17.7 Å². The van der Waals surface area contributed by atoms with Gasteiger partial charge in [-0.05, 0) is 48.6 Å². The van der Waals surface area contributed by atoms with Gasteiger partial charge in [0.2, 0.25) is 0 Å². The van der Waals surface area contributed by atoms with Gasteiger partial charge in [0, 0.05) is 24.0 Å². The van der Waals surface area contributed by atoms with Crippen LogP contribution >= 0.6 is 23.2 Å². The molecule has 1 atom stereocenters. The summed E-state index contributed by atoms with van der Waals surface area (Å²) in [4.78, 5) is 23.5. The van der Waals surface area contributed by atoms with Crippen LogP contribution in [-0.4, -0.2) is 29.2 Å². The van der Waals surface area contributed by atoms with Crippen LogP contribution < -0.4 is 15.0 Å². The summed E-state index contributed by atoms with van der Waals surface area (Å²) >= 11 is 13.2. The zero-order chi connectivity index (χ0) is 24.8. The van der Waals surface area contributed by atoms with E-state index in [-0.39, 0.29) is 18.3 Å². The predicted octanol–water partition coefficient (Wildman–Crippen LogP) is 6.34. The van der Waals surface area contributed by atoms with Crippen molar-refractivity contribution in [3.63, 3.8) is 0 Å². The molecule has 0 bridgehead atoms. The molecule has 0 aliphatic carbocycles. The van der Waals surface area contributed by atoms with Gasteiger partial charge >= 0.3 is 6.03 Å². The third-order valence-electron chi connectivity index (χ3n) is 6.65. The van der Waals surface area contributed by atoms with Gasteiger partial charge in [-0.1, -0.05) is 29.3 Å². The predicted molar refractivity (Wildman–Crippen MR) is 135 cm³/mol. The number of benzene rings is 1. The first-order valence-electron chi connectivity index (χ1n) is 11.6. The fourth-order valence-electron chi connectivity index (χ4n) is 4.82. The van der Waals surface area contributed by atoms with E-state index in [1.54, 1.807) is 30.6 Å². The molecule has 0 saturated heterocycles. The molecule has 3 aromatic rings. The molecule has 2 amide bonds. The van der Waals surface area contributed by atoms with E-state index in [0.29, 0.717) is 65.3 Å². The van der Waals surface area contributed by atoms with Crippen LogP contribution in [0.1, 0.15) is 41.5 Å². The van der Waals surface area contributed by atoms with E-state index in [1.807, 2.05) is 6.08 Å². The quantitative estimate of drug-likeness (QED) is 0.430. The molecule has 36 heavy (non-hydrogen) atoms. The summed E-state index contributed by atoms with van der Waals surface area (Å²) in [6.07, 6.45) is 6.50. The minimum atomic E-state index is -0.528. The smallest absolute Gasteiger partial charge is 0.326 e. The van der Waals surface area contributed by atoms with Crippen LogP contribution in [0.25, 0.3) is 5.57 Å². The van der Waals surface area contributed by atoms with E-state index < -0.39 is 11.9 Å². The molecule has 184 valence electrons. The zero-order valence-electron chi connectivity index (χ0n) is 19.1. The number of carbonyl (C=O) groups excluding carboxylic acids is 1. The van der Waals surface area contributed by atoms with Gasteiger partial charge in [-0.25, -0.2) is 9.18 Å². The summed E-state index contributed by atoms with van der Waals surface area (Å²) in [5, 5.41) is 3.82. The molecule has 7 nitrogen and oxygen atoms in total. The number of amides is 2. The molecule has 0 fully saturated rings. The number of ether oxygens (including phenoxy) is 2. The first-order chi connectivity index (χ1) is 17.5. The maximum atomic E-state index is 14.3. The highest BCUT2D eigenvalue weighted by atomic mass is 35.5. The summed E-state index contributed by atoms with van der Waals surface area (Å²) < 4.78 is 25.9. The van der Waals surface area contributed by atoms with Gasteiger partial charge in [0.1, 0.15) is 23.4 Å². The Bertz CT molecular complexity index is 1410. The first kappa shape index (κ1) is 23.2. The lowest BCUT2D eigenvalue weighted by Crippen LogP contribution is -2.39. The van der Waals surface area contributed by atoms with Gasteiger partial charge in [0.25, 0.3) is 0 Å². The fraction of sp³-hybridized carbons (Fsp3) is 0.269. The number of aryl methyl sites for hydroxylation is 1. The van der Waals surface area contributed by atoms with Crippen molar-refractivity contribution in [2.24, 2.45) is 0 Å². The van der Waals surface area contributed by atoms with Crippen LogP contribution in [0, 0.1) is 5.82 Å². The molecule has 3 aliphatic rings. The number of urea groups is 1. The standard InChI is InChI=1S/C26H21Cl2FN4O3/c27-17-10-15-3-4-21(25-19(29)2-1-7-30-25)36-22(15)11-20(17)33-13-16-18(28)12-31-23(24(16)32-26(33)34)14-5-8-35-9-6-14/h1-2,5,7,10-12,21H,3-4,6,8-9,13H2,(H,32,34). The Morgan fingerprint density at radius 1 is 1.17 bits per heavy atom. The third-order valence-corrected chi connectivity index (χ3v) is 7.28. The molecule has 5 heterocycles. The molecule has 10 heteroatoms. The number of halogens is 3. The average molecular weight is 527 g/mol. The maximum Gasteiger partial charge on any atom is 0.326 e. The molecule has 1 unspecified atom stereocenters. The topological polar surface area (TPSA) is 76.6 Å². The molecule has 1 N–H and O–H groups in total. The zero-order valence-corrected chi connectivity index (χ0v) is 20.6. The molecule has 3 aliphatic heterocycles. The van der Waals surface area contributed by atoms with Crippen LogP contribution in [0.5, 0.6) is 5.75 Å². The van der Waals surface area contributed by atoms with Crippen molar-refractivity contribution in [3.8, 4) is 5.75 Å². The molecule has 2 aromatic heterocycles. The van der Waals surface area contributed by atoms with Gasteiger partial charge in [-0.3, -0.25) is 14.9 Å². The number of pyridine rings is 2. The summed E-state index contributed by atoms with van der Waals surface area (Å²) in [6.45, 7) is 1.30. The number of anilines is 2. The highest BCUT2D eigenvalue weighted by molar-refractivity contribution is 6.34. The highest BCUT2D eigenvalue weighted by Gasteiger charge is 2.32. The van der Waals surface area contributed by atoms with Gasteiger partial charge < -0.3 is 14.8 Å². The van der Waals surface area contributed by atoms with E-state index in [4.69, 9.17) is 32.7 Å². The molecular formula is C26H21Cl2FN4O3. The number of hydrogen-bond donors (Lipinski definition) is 1. The minimum absolute atomic E-state index is 0.204. The number of fused-ring (bicyclic) bond motifs is 2. The van der Waals surface area contributed by atoms with Crippen molar-refractivity contribution in [2.75, 3.05) is 23.4 Å². The fourth-order valence-corrected chi connectivity index (χ4v) is 5.31. The SMILES string of the molecule is O=C1Nc2c(C3=CCOCC3)ncc(Cl)c2CN1c1cc2c(cc1Cl)CCC(c1ncccc1F)O2. The lowest BCUT2D eigenvalue weighted by atomic mass is 9.98. The Balaban J connectivity index is 1.34. The second-order valence-electron chi connectivity index (χ2n) is 8.81. The second kappa shape index (κ2) is 9.35. The number of hydrogen-bond acceptors (Lipinski definition) is 5. The van der Waals surface area contributed by atoms with Crippen LogP contribution in [0.15, 0.2) is 42.7 Å². The van der Waals surface area contributed by atoms with E-state index in [9.17, 15) is 9.18 Å². The minimum Gasteiger partial charge on any atom is -0.484 e. The number of aromatic nitrogens is 2. The lowest BCUT2D eigenvalue weighted by Gasteiger charge is -2.33. The number of nitrogens with one attached hydrogen (secondary N) is 1. The summed E-state index contributed by atoms with van der Waals surface area (Å²) in [6, 6.07) is 6.09. The van der Waals surface area contributed by atoms with Crippen molar-refractivity contribution in [1.29, 1.82) is 0 Å². The third kappa shape index (κ3) is 4.09. The Morgan fingerprint density at radius 2 is 2.06 bits per heavy atom. The van der Waals surface area contributed by atoms with Crippen molar-refractivity contribution < 1.29 is 18.7 Å². The Labute approximate surface area is 216 Å². The Hall–Kier alpha value is -3.20. The van der Waals surface area contributed by atoms with Crippen molar-refractivity contribution in [2.45, 2.75) is 31.9 Å².